The fourth-order valence-corrected chi connectivity index (χ4v) is 1.09. The number of aromatic nitrogens is 1. The molecule has 0 amide bonds. The summed E-state index contributed by atoms with van der Waals surface area (Å²) in [4.78, 5) is 13.8. The van der Waals surface area contributed by atoms with Crippen molar-refractivity contribution in [2.45, 2.75) is 19.0 Å². The van der Waals surface area contributed by atoms with Gasteiger partial charge in [-0.05, 0) is 30.5 Å². The Morgan fingerprint density at radius 1 is 1.44 bits per heavy atom. The Labute approximate surface area is 90.9 Å². The van der Waals surface area contributed by atoms with Crippen LogP contribution >= 0.6 is 0 Å². The molecular weight excluding hydrogens is 220 g/mol. The molecule has 0 radical (unpaired) electrons. The van der Waals surface area contributed by atoms with Gasteiger partial charge in [-0.1, -0.05) is 0 Å². The smallest absolute Gasteiger partial charge is 0.455 e. The summed E-state index contributed by atoms with van der Waals surface area (Å²) in [5, 5.41) is 8.07. The predicted molar refractivity (Wildman–Crippen MR) is 51.1 cm³/mol. The van der Waals surface area contributed by atoms with E-state index in [0.717, 1.165) is 5.56 Å². The van der Waals surface area contributed by atoms with E-state index in [2.05, 4.69) is 9.72 Å². The van der Waals surface area contributed by atoms with Crippen molar-refractivity contribution in [2.24, 2.45) is 0 Å². The molecule has 0 aliphatic rings. The summed E-state index contributed by atoms with van der Waals surface area (Å²) in [6.07, 6.45) is -0.0343. The zero-order valence-corrected chi connectivity index (χ0v) is 8.40. The standard InChI is InChI=1S/C10H11F2NO3/c11-10(12,9(14)15)16-7-1-2-8-3-5-13-6-4-8/h3-6H,1-2,7H2,(H,14,15). The molecule has 0 fully saturated rings. The summed E-state index contributed by atoms with van der Waals surface area (Å²) in [7, 11) is 0. The molecule has 16 heavy (non-hydrogen) atoms. The molecule has 1 aromatic heterocycles. The minimum absolute atomic E-state index is 0.304. The van der Waals surface area contributed by atoms with Crippen molar-refractivity contribution in [3.63, 3.8) is 0 Å². The molecule has 0 aliphatic heterocycles. The van der Waals surface area contributed by atoms with Crippen LogP contribution in [0.2, 0.25) is 0 Å². The van der Waals surface area contributed by atoms with E-state index in [1.54, 1.807) is 24.5 Å². The zero-order valence-electron chi connectivity index (χ0n) is 8.40. The number of aryl methyl sites for hydroxylation is 1. The molecule has 1 heterocycles. The van der Waals surface area contributed by atoms with E-state index in [4.69, 9.17) is 5.11 Å². The number of carbonyl (C=O) groups is 1. The van der Waals surface area contributed by atoms with Crippen LogP contribution in [0, 0.1) is 0 Å². The lowest BCUT2D eigenvalue weighted by molar-refractivity contribution is -0.245. The Morgan fingerprint density at radius 3 is 2.62 bits per heavy atom. The SMILES string of the molecule is O=C(O)C(F)(F)OCCCc1ccncc1. The normalized spacial score (nSPS) is 11.4. The van der Waals surface area contributed by atoms with E-state index in [-0.39, 0.29) is 6.61 Å². The van der Waals surface area contributed by atoms with Gasteiger partial charge in [-0.25, -0.2) is 4.79 Å². The monoisotopic (exact) mass is 231 g/mol. The first-order valence-electron chi connectivity index (χ1n) is 4.66. The number of ether oxygens (including phenoxy) is 1. The van der Waals surface area contributed by atoms with E-state index in [1.165, 1.54) is 0 Å². The second-order valence-corrected chi connectivity index (χ2v) is 3.13. The second-order valence-electron chi connectivity index (χ2n) is 3.13. The molecule has 1 rings (SSSR count). The number of hydrogen-bond acceptors (Lipinski definition) is 3. The molecule has 0 spiro atoms. The van der Waals surface area contributed by atoms with Gasteiger partial charge in [0.2, 0.25) is 0 Å². The molecule has 0 unspecified atom stereocenters. The van der Waals surface area contributed by atoms with Crippen LogP contribution in [0.4, 0.5) is 8.78 Å². The Balaban J connectivity index is 2.25. The highest BCUT2D eigenvalue weighted by Crippen LogP contribution is 2.15. The van der Waals surface area contributed by atoms with Crippen molar-refractivity contribution < 1.29 is 23.4 Å². The quantitative estimate of drug-likeness (QED) is 0.757. The molecule has 1 aromatic rings. The molecule has 1 N–H and O–H groups in total. The highest BCUT2D eigenvalue weighted by molar-refractivity contribution is 5.73. The first-order valence-corrected chi connectivity index (χ1v) is 4.66. The van der Waals surface area contributed by atoms with Crippen molar-refractivity contribution in [1.82, 2.24) is 4.98 Å². The number of pyridine rings is 1. The molecule has 0 atom stereocenters. The van der Waals surface area contributed by atoms with Crippen molar-refractivity contribution in [3.8, 4) is 0 Å². The second kappa shape index (κ2) is 5.50. The van der Waals surface area contributed by atoms with Gasteiger partial charge in [0, 0.05) is 12.4 Å². The average molecular weight is 231 g/mol. The number of carboxylic acids is 1. The zero-order chi connectivity index (χ0) is 12.0. The van der Waals surface area contributed by atoms with E-state index in [9.17, 15) is 13.6 Å². The minimum Gasteiger partial charge on any atom is -0.475 e. The molecule has 4 nitrogen and oxygen atoms in total. The molecular formula is C10H11F2NO3. The summed E-state index contributed by atoms with van der Waals surface area (Å²) in [6.45, 7) is -0.304. The topological polar surface area (TPSA) is 59.4 Å². The molecule has 0 saturated carbocycles. The van der Waals surface area contributed by atoms with Crippen molar-refractivity contribution in [3.05, 3.63) is 30.1 Å². The van der Waals surface area contributed by atoms with Gasteiger partial charge in [0.1, 0.15) is 0 Å². The summed E-state index contributed by atoms with van der Waals surface area (Å²) < 4.78 is 28.8. The first-order chi connectivity index (χ1) is 7.52. The van der Waals surface area contributed by atoms with E-state index >= 15 is 0 Å². The molecule has 0 bridgehead atoms. The number of alkyl halides is 2. The maximum absolute atomic E-state index is 12.4. The van der Waals surface area contributed by atoms with Crippen LogP contribution in [0.5, 0.6) is 0 Å². The maximum atomic E-state index is 12.4. The van der Waals surface area contributed by atoms with Crippen LogP contribution in [0.3, 0.4) is 0 Å². The number of hydrogen-bond donors (Lipinski definition) is 1. The lowest BCUT2D eigenvalue weighted by Gasteiger charge is -2.11. The van der Waals surface area contributed by atoms with Crippen LogP contribution in [0.25, 0.3) is 0 Å². The molecule has 0 aliphatic carbocycles. The van der Waals surface area contributed by atoms with Gasteiger partial charge in [0.15, 0.2) is 0 Å². The molecule has 0 aromatic carbocycles. The Hall–Kier alpha value is -1.56. The lowest BCUT2D eigenvalue weighted by atomic mass is 10.1. The van der Waals surface area contributed by atoms with Crippen LogP contribution in [0.1, 0.15) is 12.0 Å². The number of carboxylic acid groups (broad SMARTS) is 1. The fourth-order valence-electron chi connectivity index (χ4n) is 1.09. The van der Waals surface area contributed by atoms with Crippen molar-refractivity contribution in [2.75, 3.05) is 6.61 Å². The molecule has 0 saturated heterocycles. The lowest BCUT2D eigenvalue weighted by Crippen LogP contribution is -2.32. The third kappa shape index (κ3) is 3.90. The summed E-state index contributed by atoms with van der Waals surface area (Å²) in [6, 6.07) is 3.52. The Bertz CT molecular complexity index is 343. The van der Waals surface area contributed by atoms with Gasteiger partial charge >= 0.3 is 12.1 Å². The van der Waals surface area contributed by atoms with Crippen LogP contribution in [-0.2, 0) is 16.0 Å². The predicted octanol–water partition coefficient (Wildman–Crippen LogP) is 1.71. The first kappa shape index (κ1) is 12.5. The highest BCUT2D eigenvalue weighted by atomic mass is 19.3. The number of aliphatic carboxylic acids is 1. The van der Waals surface area contributed by atoms with Crippen molar-refractivity contribution in [1.29, 1.82) is 0 Å². The average Bonchev–Trinajstić information content (AvgIpc) is 2.26. The number of halogens is 2. The van der Waals surface area contributed by atoms with Gasteiger partial charge in [-0.15, -0.1) is 0 Å². The highest BCUT2D eigenvalue weighted by Gasteiger charge is 2.40. The van der Waals surface area contributed by atoms with E-state index in [0.29, 0.717) is 12.8 Å². The third-order valence-electron chi connectivity index (χ3n) is 1.89. The minimum atomic E-state index is -4.10. The third-order valence-corrected chi connectivity index (χ3v) is 1.89. The van der Waals surface area contributed by atoms with Crippen LogP contribution in [0.15, 0.2) is 24.5 Å². The largest absolute Gasteiger partial charge is 0.475 e. The van der Waals surface area contributed by atoms with E-state index < -0.39 is 12.1 Å². The summed E-state index contributed by atoms with van der Waals surface area (Å²) in [5.41, 5.74) is 0.942. The Morgan fingerprint density at radius 2 is 2.06 bits per heavy atom. The maximum Gasteiger partial charge on any atom is 0.455 e. The van der Waals surface area contributed by atoms with Crippen molar-refractivity contribution >= 4 is 5.97 Å². The van der Waals surface area contributed by atoms with Gasteiger partial charge in [0.25, 0.3) is 0 Å². The van der Waals surface area contributed by atoms with Gasteiger partial charge in [0.05, 0.1) is 6.61 Å². The summed E-state index contributed by atoms with van der Waals surface area (Å²) >= 11 is 0. The van der Waals surface area contributed by atoms with E-state index in [1.807, 2.05) is 0 Å². The van der Waals surface area contributed by atoms with Gasteiger partial charge in [-0.2, -0.15) is 8.78 Å². The summed E-state index contributed by atoms with van der Waals surface area (Å²) in [5.74, 6) is -2.27. The molecule has 88 valence electrons. The fraction of sp³-hybridized carbons (Fsp3) is 0.400. The number of nitrogens with zero attached hydrogens (tertiary/aromatic N) is 1. The van der Waals surface area contributed by atoms with Gasteiger partial charge in [-0.3, -0.25) is 4.98 Å². The van der Waals surface area contributed by atoms with Gasteiger partial charge < -0.3 is 9.84 Å². The Kier molecular flexibility index (Phi) is 4.30. The molecule has 6 heteroatoms. The number of rotatable bonds is 6. The van der Waals surface area contributed by atoms with Crippen LogP contribution in [-0.4, -0.2) is 28.8 Å². The van der Waals surface area contributed by atoms with Crippen LogP contribution < -0.4 is 0 Å².